The monoisotopic (exact) mass is 325 g/mol. The first-order chi connectivity index (χ1) is 11.7. The minimum atomic E-state index is 0.0597. The van der Waals surface area contributed by atoms with Crippen molar-refractivity contribution in [1.29, 1.82) is 0 Å². The fourth-order valence-electron chi connectivity index (χ4n) is 3.78. The van der Waals surface area contributed by atoms with Gasteiger partial charge < -0.3 is 4.90 Å². The standard InChI is InChI=1S/C18H23N5O/c1-13-19-8-5-17(20-13)22-9-6-14(7-10-22)12-23-18(24)11-15-3-2-4-16(15)21-23/h5,8,11,14H,2-4,6-7,9-10,12H2,1H3. The predicted molar refractivity (Wildman–Crippen MR) is 92.2 cm³/mol. The van der Waals surface area contributed by atoms with E-state index in [-0.39, 0.29) is 5.56 Å². The normalized spacial score (nSPS) is 18.0. The summed E-state index contributed by atoms with van der Waals surface area (Å²) < 4.78 is 1.69. The summed E-state index contributed by atoms with van der Waals surface area (Å²) in [5, 5.41) is 4.61. The summed E-state index contributed by atoms with van der Waals surface area (Å²) in [6, 6.07) is 3.77. The van der Waals surface area contributed by atoms with Crippen LogP contribution in [-0.4, -0.2) is 32.8 Å². The van der Waals surface area contributed by atoms with Crippen LogP contribution in [0, 0.1) is 12.8 Å². The van der Waals surface area contributed by atoms with Gasteiger partial charge in [-0.1, -0.05) is 0 Å². The molecule has 2 aliphatic rings. The van der Waals surface area contributed by atoms with Gasteiger partial charge in [0.2, 0.25) is 0 Å². The van der Waals surface area contributed by atoms with E-state index in [1.165, 1.54) is 0 Å². The summed E-state index contributed by atoms with van der Waals surface area (Å²) >= 11 is 0. The summed E-state index contributed by atoms with van der Waals surface area (Å²) in [6.45, 7) is 4.60. The molecule has 1 aliphatic carbocycles. The van der Waals surface area contributed by atoms with Crippen LogP contribution in [0.5, 0.6) is 0 Å². The Bertz CT molecular complexity index is 792. The average Bonchev–Trinajstić information content (AvgIpc) is 3.03. The molecule has 2 aromatic heterocycles. The molecule has 0 aromatic carbocycles. The lowest BCUT2D eigenvalue weighted by Gasteiger charge is -2.32. The number of aromatic nitrogens is 4. The Hall–Kier alpha value is -2.24. The highest BCUT2D eigenvalue weighted by molar-refractivity contribution is 5.37. The van der Waals surface area contributed by atoms with E-state index in [4.69, 9.17) is 0 Å². The molecule has 0 bridgehead atoms. The number of anilines is 1. The second-order valence-corrected chi connectivity index (χ2v) is 6.88. The molecule has 0 radical (unpaired) electrons. The number of hydrogen-bond donors (Lipinski definition) is 0. The first kappa shape index (κ1) is 15.3. The molecular formula is C18H23N5O. The fraction of sp³-hybridized carbons (Fsp3) is 0.556. The topological polar surface area (TPSA) is 63.9 Å². The van der Waals surface area contributed by atoms with Gasteiger partial charge in [-0.15, -0.1) is 0 Å². The first-order valence-electron chi connectivity index (χ1n) is 8.83. The molecule has 1 fully saturated rings. The van der Waals surface area contributed by atoms with Crippen molar-refractivity contribution in [2.45, 2.75) is 45.6 Å². The van der Waals surface area contributed by atoms with E-state index in [9.17, 15) is 4.79 Å². The molecular weight excluding hydrogens is 302 g/mol. The number of rotatable bonds is 3. The lowest BCUT2D eigenvalue weighted by atomic mass is 9.97. The largest absolute Gasteiger partial charge is 0.356 e. The van der Waals surface area contributed by atoms with Gasteiger partial charge in [0.15, 0.2) is 0 Å². The van der Waals surface area contributed by atoms with Gasteiger partial charge in [0.25, 0.3) is 5.56 Å². The Labute approximate surface area is 141 Å². The van der Waals surface area contributed by atoms with Gasteiger partial charge in [-0.25, -0.2) is 14.6 Å². The van der Waals surface area contributed by atoms with Crippen LogP contribution in [-0.2, 0) is 19.4 Å². The van der Waals surface area contributed by atoms with E-state index in [2.05, 4.69) is 20.0 Å². The van der Waals surface area contributed by atoms with Crippen molar-refractivity contribution in [3.8, 4) is 0 Å². The fourth-order valence-corrected chi connectivity index (χ4v) is 3.78. The average molecular weight is 325 g/mol. The molecule has 0 spiro atoms. The Kier molecular flexibility index (Phi) is 4.04. The molecule has 3 heterocycles. The molecule has 0 atom stereocenters. The Morgan fingerprint density at radius 1 is 1.25 bits per heavy atom. The third-order valence-corrected chi connectivity index (χ3v) is 5.15. The number of aryl methyl sites for hydroxylation is 3. The van der Waals surface area contributed by atoms with E-state index >= 15 is 0 Å². The number of piperidine rings is 1. The van der Waals surface area contributed by atoms with E-state index in [0.29, 0.717) is 5.92 Å². The second-order valence-electron chi connectivity index (χ2n) is 6.88. The number of fused-ring (bicyclic) bond motifs is 1. The molecule has 24 heavy (non-hydrogen) atoms. The summed E-state index contributed by atoms with van der Waals surface area (Å²) in [5.74, 6) is 2.33. The Balaban J connectivity index is 1.41. The van der Waals surface area contributed by atoms with Crippen LogP contribution in [0.3, 0.4) is 0 Å². The van der Waals surface area contributed by atoms with Gasteiger partial charge >= 0.3 is 0 Å². The molecule has 4 rings (SSSR count). The quantitative estimate of drug-likeness (QED) is 0.860. The molecule has 1 saturated heterocycles. The maximum Gasteiger partial charge on any atom is 0.267 e. The van der Waals surface area contributed by atoms with Gasteiger partial charge in [-0.3, -0.25) is 4.79 Å². The third-order valence-electron chi connectivity index (χ3n) is 5.15. The molecule has 2 aromatic rings. The highest BCUT2D eigenvalue weighted by Gasteiger charge is 2.22. The Morgan fingerprint density at radius 2 is 2.08 bits per heavy atom. The zero-order valence-electron chi connectivity index (χ0n) is 14.1. The smallest absolute Gasteiger partial charge is 0.267 e. The lowest BCUT2D eigenvalue weighted by molar-refractivity contribution is 0.333. The van der Waals surface area contributed by atoms with E-state index in [1.54, 1.807) is 10.7 Å². The molecule has 1 aliphatic heterocycles. The lowest BCUT2D eigenvalue weighted by Crippen LogP contribution is -2.37. The zero-order valence-corrected chi connectivity index (χ0v) is 14.1. The zero-order chi connectivity index (χ0) is 16.5. The minimum Gasteiger partial charge on any atom is -0.356 e. The Morgan fingerprint density at radius 3 is 2.88 bits per heavy atom. The highest BCUT2D eigenvalue weighted by atomic mass is 16.1. The van der Waals surface area contributed by atoms with Gasteiger partial charge in [0.05, 0.1) is 5.69 Å². The van der Waals surface area contributed by atoms with E-state index in [0.717, 1.165) is 74.6 Å². The van der Waals surface area contributed by atoms with Crippen LogP contribution >= 0.6 is 0 Å². The first-order valence-corrected chi connectivity index (χ1v) is 8.83. The summed E-state index contributed by atoms with van der Waals surface area (Å²) in [6.07, 6.45) is 7.10. The van der Waals surface area contributed by atoms with Crippen molar-refractivity contribution in [2.75, 3.05) is 18.0 Å². The van der Waals surface area contributed by atoms with Gasteiger partial charge in [-0.2, -0.15) is 5.10 Å². The summed E-state index contributed by atoms with van der Waals surface area (Å²) in [5.41, 5.74) is 2.35. The second kappa shape index (κ2) is 6.34. The molecule has 126 valence electrons. The molecule has 0 saturated carbocycles. The SMILES string of the molecule is Cc1nccc(N2CCC(Cn3nc4c(cc3=O)CCC4)CC2)n1. The molecule has 0 N–H and O–H groups in total. The van der Waals surface area contributed by atoms with Gasteiger partial charge in [0, 0.05) is 31.9 Å². The van der Waals surface area contributed by atoms with Crippen LogP contribution in [0.15, 0.2) is 23.1 Å². The van der Waals surface area contributed by atoms with Crippen LogP contribution in [0.1, 0.15) is 36.3 Å². The van der Waals surface area contributed by atoms with Crippen LogP contribution in [0.4, 0.5) is 5.82 Å². The summed E-state index contributed by atoms with van der Waals surface area (Å²) in [7, 11) is 0. The van der Waals surface area contributed by atoms with E-state index < -0.39 is 0 Å². The van der Waals surface area contributed by atoms with Crippen molar-refractivity contribution in [2.24, 2.45) is 5.92 Å². The van der Waals surface area contributed by atoms with Crippen molar-refractivity contribution in [1.82, 2.24) is 19.7 Å². The van der Waals surface area contributed by atoms with Crippen molar-refractivity contribution < 1.29 is 0 Å². The molecule has 6 nitrogen and oxygen atoms in total. The van der Waals surface area contributed by atoms with Gasteiger partial charge in [0.1, 0.15) is 11.6 Å². The van der Waals surface area contributed by atoms with E-state index in [1.807, 2.05) is 19.2 Å². The number of hydrogen-bond acceptors (Lipinski definition) is 5. The van der Waals surface area contributed by atoms with Crippen molar-refractivity contribution in [3.63, 3.8) is 0 Å². The molecule has 0 unspecified atom stereocenters. The highest BCUT2D eigenvalue weighted by Crippen LogP contribution is 2.23. The molecule has 0 amide bonds. The van der Waals surface area contributed by atoms with Crippen LogP contribution < -0.4 is 10.5 Å². The maximum absolute atomic E-state index is 12.2. The maximum atomic E-state index is 12.2. The third kappa shape index (κ3) is 3.05. The van der Waals surface area contributed by atoms with Crippen LogP contribution in [0.2, 0.25) is 0 Å². The predicted octanol–water partition coefficient (Wildman–Crippen LogP) is 1.75. The minimum absolute atomic E-state index is 0.0597. The van der Waals surface area contributed by atoms with Crippen molar-refractivity contribution >= 4 is 5.82 Å². The van der Waals surface area contributed by atoms with Gasteiger partial charge in [-0.05, 0) is 56.6 Å². The number of nitrogens with zero attached hydrogens (tertiary/aromatic N) is 5. The summed E-state index contributed by atoms with van der Waals surface area (Å²) in [4.78, 5) is 23.2. The molecule has 6 heteroatoms. The van der Waals surface area contributed by atoms with Crippen LogP contribution in [0.25, 0.3) is 0 Å². The van der Waals surface area contributed by atoms with Crippen molar-refractivity contribution in [3.05, 3.63) is 45.8 Å².